The van der Waals surface area contributed by atoms with Crippen molar-refractivity contribution in [2.75, 3.05) is 19.0 Å². The number of alkyl halides is 1. The lowest BCUT2D eigenvalue weighted by atomic mass is 10.5. The summed E-state index contributed by atoms with van der Waals surface area (Å²) in [6.45, 7) is -0.181. The number of nitrogens with two attached hydrogens (primary N) is 1. The molecule has 0 atom stereocenters. The fraction of sp³-hybridized carbons (Fsp3) is 0.600. The zero-order chi connectivity index (χ0) is 10.3. The summed E-state index contributed by atoms with van der Waals surface area (Å²) >= 11 is 5.34. The van der Waals surface area contributed by atoms with Gasteiger partial charge in [0.25, 0.3) is 0 Å². The molecule has 0 saturated carbocycles. The van der Waals surface area contributed by atoms with Crippen LogP contribution in [0.4, 0.5) is 4.79 Å². The Bertz CT molecular complexity index is 210. The maximum Gasteiger partial charge on any atom is 0.340 e. The molecular formula is C5H9ClN4O3. The van der Waals surface area contributed by atoms with Crippen LogP contribution in [0.2, 0.25) is 0 Å². The monoisotopic (exact) mass is 208 g/mol. The fourth-order valence-corrected chi connectivity index (χ4v) is 0.856. The number of urea groups is 1. The van der Waals surface area contributed by atoms with Crippen molar-refractivity contribution in [1.82, 2.24) is 10.3 Å². The molecule has 0 aliphatic carbocycles. The first-order valence-electron chi connectivity index (χ1n) is 3.33. The molecule has 0 radical (unpaired) electrons. The summed E-state index contributed by atoms with van der Waals surface area (Å²) < 4.78 is 0. The molecular weight excluding hydrogens is 200 g/mol. The third-order valence-corrected chi connectivity index (χ3v) is 1.30. The second-order valence-electron chi connectivity index (χ2n) is 2.09. The average Bonchev–Trinajstić information content (AvgIpc) is 2.03. The number of rotatable bonds is 5. The van der Waals surface area contributed by atoms with Crippen molar-refractivity contribution in [3.63, 3.8) is 0 Å². The van der Waals surface area contributed by atoms with E-state index in [0.29, 0.717) is 0 Å². The standard InChI is InChI=1S/C5H9ClN4O3/c6-1-2-10(3-4(7)11)5(12)8-9-13/h1-3H2,(H2,7,11)(H,8,12,13). The molecule has 13 heavy (non-hydrogen) atoms. The van der Waals surface area contributed by atoms with Gasteiger partial charge in [-0.2, -0.15) is 5.43 Å². The summed E-state index contributed by atoms with van der Waals surface area (Å²) in [5, 5.41) is 2.16. The summed E-state index contributed by atoms with van der Waals surface area (Å²) in [7, 11) is 0. The van der Waals surface area contributed by atoms with Gasteiger partial charge < -0.3 is 10.6 Å². The number of halogens is 1. The molecule has 0 aliphatic rings. The normalized spacial score (nSPS) is 9.00. The van der Waals surface area contributed by atoms with Crippen molar-refractivity contribution in [2.24, 2.45) is 11.0 Å². The Hall–Kier alpha value is -1.37. The highest BCUT2D eigenvalue weighted by atomic mass is 35.5. The third-order valence-electron chi connectivity index (χ3n) is 1.13. The van der Waals surface area contributed by atoms with Gasteiger partial charge >= 0.3 is 6.03 Å². The van der Waals surface area contributed by atoms with Crippen molar-refractivity contribution in [1.29, 1.82) is 0 Å². The van der Waals surface area contributed by atoms with Crippen LogP contribution in [0.3, 0.4) is 0 Å². The molecule has 8 heteroatoms. The summed E-state index contributed by atoms with van der Waals surface area (Å²) in [5.41, 5.74) is 6.47. The summed E-state index contributed by atoms with van der Waals surface area (Å²) in [6.07, 6.45) is 0. The molecule has 0 spiro atoms. The molecule has 0 aromatic carbocycles. The number of carbonyl (C=O) groups excluding carboxylic acids is 2. The largest absolute Gasteiger partial charge is 0.368 e. The highest BCUT2D eigenvalue weighted by Crippen LogP contribution is 1.90. The number of hydrogen-bond donors (Lipinski definition) is 2. The second kappa shape index (κ2) is 6.18. The highest BCUT2D eigenvalue weighted by Gasteiger charge is 2.14. The predicted octanol–water partition coefficient (Wildman–Crippen LogP) is -0.596. The first-order chi connectivity index (χ1) is 6.11. The molecule has 0 aromatic rings. The zero-order valence-electron chi connectivity index (χ0n) is 6.70. The highest BCUT2D eigenvalue weighted by molar-refractivity contribution is 6.18. The average molecular weight is 209 g/mol. The van der Waals surface area contributed by atoms with Crippen molar-refractivity contribution >= 4 is 23.5 Å². The van der Waals surface area contributed by atoms with E-state index in [1.54, 1.807) is 5.43 Å². The van der Waals surface area contributed by atoms with Crippen molar-refractivity contribution in [3.05, 3.63) is 4.91 Å². The molecule has 0 saturated heterocycles. The van der Waals surface area contributed by atoms with Gasteiger partial charge in [0.05, 0.1) is 5.29 Å². The van der Waals surface area contributed by atoms with Crippen molar-refractivity contribution in [2.45, 2.75) is 0 Å². The van der Waals surface area contributed by atoms with E-state index in [-0.39, 0.29) is 19.0 Å². The van der Waals surface area contributed by atoms with E-state index in [0.717, 1.165) is 4.90 Å². The van der Waals surface area contributed by atoms with Gasteiger partial charge in [-0.15, -0.1) is 16.5 Å². The Balaban J connectivity index is 4.13. The molecule has 0 heterocycles. The van der Waals surface area contributed by atoms with E-state index in [4.69, 9.17) is 17.3 Å². The van der Waals surface area contributed by atoms with Crippen LogP contribution in [0.25, 0.3) is 0 Å². The lowest BCUT2D eigenvalue weighted by Crippen LogP contribution is -2.43. The number of carbonyl (C=O) groups is 2. The van der Waals surface area contributed by atoms with Gasteiger partial charge in [0.1, 0.15) is 6.54 Å². The van der Waals surface area contributed by atoms with Crippen LogP contribution in [0.15, 0.2) is 5.29 Å². The lowest BCUT2D eigenvalue weighted by Gasteiger charge is -2.17. The molecule has 0 aliphatic heterocycles. The van der Waals surface area contributed by atoms with Crippen LogP contribution in [0.5, 0.6) is 0 Å². The molecule has 0 fully saturated rings. The Morgan fingerprint density at radius 3 is 2.54 bits per heavy atom. The quantitative estimate of drug-likeness (QED) is 0.358. The molecule has 0 unspecified atom stereocenters. The van der Waals surface area contributed by atoms with Gasteiger partial charge in [-0.1, -0.05) is 0 Å². The first kappa shape index (κ1) is 11.6. The van der Waals surface area contributed by atoms with Crippen LogP contribution in [-0.2, 0) is 4.79 Å². The number of amides is 3. The number of nitrogens with one attached hydrogen (secondary N) is 1. The lowest BCUT2D eigenvalue weighted by molar-refractivity contribution is -0.118. The Morgan fingerprint density at radius 2 is 2.15 bits per heavy atom. The van der Waals surface area contributed by atoms with Crippen LogP contribution >= 0.6 is 11.6 Å². The SMILES string of the molecule is NC(=O)CN(CCCl)C(=O)NN=O. The van der Waals surface area contributed by atoms with E-state index < -0.39 is 11.9 Å². The van der Waals surface area contributed by atoms with Crippen LogP contribution in [-0.4, -0.2) is 35.8 Å². The van der Waals surface area contributed by atoms with E-state index >= 15 is 0 Å². The van der Waals surface area contributed by atoms with Gasteiger partial charge in [-0.05, 0) is 0 Å². The zero-order valence-corrected chi connectivity index (χ0v) is 7.45. The number of nitroso groups, excluding NO2 is 1. The van der Waals surface area contributed by atoms with Crippen LogP contribution < -0.4 is 11.2 Å². The van der Waals surface area contributed by atoms with Gasteiger partial charge in [0, 0.05) is 12.4 Å². The Kier molecular flexibility index (Phi) is 5.53. The van der Waals surface area contributed by atoms with Gasteiger partial charge in [0.2, 0.25) is 5.91 Å². The summed E-state index contributed by atoms with van der Waals surface area (Å²) in [6, 6.07) is -0.797. The summed E-state index contributed by atoms with van der Waals surface area (Å²) in [5.74, 6) is -0.550. The maximum absolute atomic E-state index is 10.9. The van der Waals surface area contributed by atoms with Gasteiger partial charge in [0.15, 0.2) is 0 Å². The first-order valence-corrected chi connectivity index (χ1v) is 3.86. The number of hydrogen-bond acceptors (Lipinski definition) is 4. The van der Waals surface area contributed by atoms with Crippen molar-refractivity contribution in [3.8, 4) is 0 Å². The third kappa shape index (κ3) is 4.96. The van der Waals surface area contributed by atoms with Gasteiger partial charge in [-0.3, -0.25) is 4.79 Å². The minimum Gasteiger partial charge on any atom is -0.368 e. The molecule has 0 rings (SSSR count). The predicted molar refractivity (Wildman–Crippen MR) is 45.8 cm³/mol. The van der Waals surface area contributed by atoms with E-state index in [9.17, 15) is 14.5 Å². The van der Waals surface area contributed by atoms with Crippen LogP contribution in [0.1, 0.15) is 0 Å². The van der Waals surface area contributed by atoms with E-state index in [2.05, 4.69) is 5.29 Å². The second-order valence-corrected chi connectivity index (χ2v) is 2.46. The van der Waals surface area contributed by atoms with Crippen LogP contribution in [0, 0.1) is 4.91 Å². The molecule has 3 amide bonds. The Morgan fingerprint density at radius 1 is 1.54 bits per heavy atom. The minimum absolute atomic E-state index is 0.117. The van der Waals surface area contributed by atoms with Crippen molar-refractivity contribution < 1.29 is 9.59 Å². The summed E-state index contributed by atoms with van der Waals surface area (Å²) in [4.78, 5) is 32.0. The fourth-order valence-electron chi connectivity index (χ4n) is 0.652. The minimum atomic E-state index is -0.797. The molecule has 74 valence electrons. The Labute approximate surface area is 79.1 Å². The molecule has 0 bridgehead atoms. The smallest absolute Gasteiger partial charge is 0.340 e. The molecule has 7 nitrogen and oxygen atoms in total. The van der Waals surface area contributed by atoms with E-state index in [1.165, 1.54) is 0 Å². The number of primary amides is 1. The molecule has 0 aromatic heterocycles. The van der Waals surface area contributed by atoms with E-state index in [1.807, 2.05) is 0 Å². The van der Waals surface area contributed by atoms with Gasteiger partial charge in [-0.25, -0.2) is 4.79 Å². The molecule has 3 N–H and O–H groups in total. The topological polar surface area (TPSA) is 105 Å². The number of nitrogens with zero attached hydrogens (tertiary/aromatic N) is 2. The maximum atomic E-state index is 10.9.